The molecule has 1 N–H and O–H groups in total. The van der Waals surface area contributed by atoms with E-state index in [9.17, 15) is 13.2 Å². The Hall–Kier alpha value is -2.48. The number of hydrogen-bond acceptors (Lipinski definition) is 5. The molecule has 2 rings (SSSR count). The zero-order chi connectivity index (χ0) is 18.4. The third-order valence-corrected chi connectivity index (χ3v) is 3.67. The third kappa shape index (κ3) is 6.50. The maximum Gasteiger partial charge on any atom is 0.318 e. The molecule has 0 saturated heterocycles. The van der Waals surface area contributed by atoms with Crippen molar-refractivity contribution in [3.8, 4) is 5.75 Å². The minimum atomic E-state index is -3.56. The molecule has 0 atom stereocenters. The fourth-order valence-electron chi connectivity index (χ4n) is 2.17. The lowest BCUT2D eigenvalue weighted by Crippen LogP contribution is -2.42. The highest BCUT2D eigenvalue weighted by Crippen LogP contribution is 2.17. The van der Waals surface area contributed by atoms with Crippen LogP contribution in [0.4, 0.5) is 4.79 Å². The van der Waals surface area contributed by atoms with Crippen LogP contribution in [-0.2, 0) is 23.2 Å². The van der Waals surface area contributed by atoms with Crippen LogP contribution in [0, 0.1) is 0 Å². The average Bonchev–Trinajstić information content (AvgIpc) is 2.99. The van der Waals surface area contributed by atoms with E-state index in [0.717, 1.165) is 11.8 Å². The highest BCUT2D eigenvalue weighted by atomic mass is 32.2. The Morgan fingerprint density at radius 2 is 1.88 bits per heavy atom. The van der Waals surface area contributed by atoms with Crippen molar-refractivity contribution in [2.75, 3.05) is 6.26 Å². The van der Waals surface area contributed by atoms with Crippen molar-refractivity contribution in [1.82, 2.24) is 10.2 Å². The number of urea groups is 1. The first-order chi connectivity index (χ1) is 11.7. The lowest BCUT2D eigenvalue weighted by Gasteiger charge is -2.23. The maximum atomic E-state index is 12.4. The Bertz CT molecular complexity index is 783. The van der Waals surface area contributed by atoms with Gasteiger partial charge in [-0.15, -0.1) is 0 Å². The summed E-state index contributed by atoms with van der Waals surface area (Å²) in [5, 5.41) is 2.86. The van der Waals surface area contributed by atoms with E-state index in [1.807, 2.05) is 13.8 Å². The van der Waals surface area contributed by atoms with Gasteiger partial charge in [0.05, 0.1) is 19.1 Å². The van der Waals surface area contributed by atoms with E-state index in [-0.39, 0.29) is 17.8 Å². The molecule has 8 heteroatoms. The molecule has 0 aliphatic carbocycles. The first-order valence-electron chi connectivity index (χ1n) is 7.79. The fourth-order valence-corrected chi connectivity index (χ4v) is 2.63. The molecule has 7 nitrogen and oxygen atoms in total. The third-order valence-electron chi connectivity index (χ3n) is 3.17. The average molecular weight is 366 g/mol. The number of carbonyl (C=O) groups excluding carboxylic acids is 1. The standard InChI is InChI=1S/C17H22N2O5S/c1-13(2)18-17(20)19(12-16-5-4-10-23-16)11-14-6-8-15(9-7-14)24-25(3,21)22/h4-10,13H,11-12H2,1-3H3,(H,18,20). The minimum Gasteiger partial charge on any atom is -0.467 e. The van der Waals surface area contributed by atoms with Crippen LogP contribution < -0.4 is 9.50 Å². The monoisotopic (exact) mass is 366 g/mol. The Morgan fingerprint density at radius 3 is 2.40 bits per heavy atom. The maximum absolute atomic E-state index is 12.4. The van der Waals surface area contributed by atoms with E-state index in [2.05, 4.69) is 5.32 Å². The molecular weight excluding hydrogens is 344 g/mol. The Labute approximate surface area is 147 Å². The second-order valence-electron chi connectivity index (χ2n) is 5.97. The molecular formula is C17H22N2O5S. The van der Waals surface area contributed by atoms with Gasteiger partial charge in [-0.05, 0) is 43.7 Å². The number of amides is 2. The number of nitrogens with one attached hydrogen (secondary N) is 1. The zero-order valence-electron chi connectivity index (χ0n) is 14.4. The first-order valence-corrected chi connectivity index (χ1v) is 9.61. The van der Waals surface area contributed by atoms with Crippen LogP contribution in [0.5, 0.6) is 5.75 Å². The van der Waals surface area contributed by atoms with Gasteiger partial charge in [-0.3, -0.25) is 0 Å². The van der Waals surface area contributed by atoms with Crippen LogP contribution >= 0.6 is 0 Å². The predicted octanol–water partition coefficient (Wildman–Crippen LogP) is 2.74. The highest BCUT2D eigenvalue weighted by Gasteiger charge is 2.17. The molecule has 25 heavy (non-hydrogen) atoms. The fraction of sp³-hybridized carbons (Fsp3) is 0.353. The number of rotatable bonds is 7. The quantitative estimate of drug-likeness (QED) is 0.761. The van der Waals surface area contributed by atoms with Gasteiger partial charge >= 0.3 is 16.1 Å². The summed E-state index contributed by atoms with van der Waals surface area (Å²) in [5.41, 5.74) is 0.839. The van der Waals surface area contributed by atoms with Crippen LogP contribution in [-0.4, -0.2) is 31.6 Å². The van der Waals surface area contributed by atoms with E-state index in [4.69, 9.17) is 8.60 Å². The lowest BCUT2D eigenvalue weighted by atomic mass is 10.2. The van der Waals surface area contributed by atoms with Gasteiger partial charge in [0, 0.05) is 12.6 Å². The minimum absolute atomic E-state index is 0.0112. The van der Waals surface area contributed by atoms with E-state index in [0.29, 0.717) is 18.8 Å². The molecule has 0 unspecified atom stereocenters. The summed E-state index contributed by atoms with van der Waals surface area (Å²) in [4.78, 5) is 14.0. The Balaban J connectivity index is 2.10. The summed E-state index contributed by atoms with van der Waals surface area (Å²) in [6.45, 7) is 4.45. The molecule has 0 aliphatic heterocycles. The van der Waals surface area contributed by atoms with Crippen molar-refractivity contribution in [3.05, 3.63) is 54.0 Å². The van der Waals surface area contributed by atoms with Crippen LogP contribution in [0.25, 0.3) is 0 Å². The lowest BCUT2D eigenvalue weighted by molar-refractivity contribution is 0.185. The summed E-state index contributed by atoms with van der Waals surface area (Å²) in [5.74, 6) is 0.909. The van der Waals surface area contributed by atoms with Gasteiger partial charge in [-0.2, -0.15) is 8.42 Å². The van der Waals surface area contributed by atoms with Crippen molar-refractivity contribution < 1.29 is 21.8 Å². The molecule has 1 aromatic carbocycles. The van der Waals surface area contributed by atoms with Crippen molar-refractivity contribution in [3.63, 3.8) is 0 Å². The smallest absolute Gasteiger partial charge is 0.318 e. The van der Waals surface area contributed by atoms with Crippen molar-refractivity contribution in [1.29, 1.82) is 0 Å². The topological polar surface area (TPSA) is 88.9 Å². The van der Waals surface area contributed by atoms with Gasteiger partial charge in [0.1, 0.15) is 11.5 Å². The van der Waals surface area contributed by atoms with E-state index in [1.165, 1.54) is 0 Å². The van der Waals surface area contributed by atoms with Gasteiger partial charge in [-0.1, -0.05) is 12.1 Å². The van der Waals surface area contributed by atoms with Crippen molar-refractivity contribution in [2.24, 2.45) is 0 Å². The molecule has 0 bridgehead atoms. The van der Waals surface area contributed by atoms with E-state index in [1.54, 1.807) is 47.6 Å². The Morgan fingerprint density at radius 1 is 1.20 bits per heavy atom. The van der Waals surface area contributed by atoms with Crippen LogP contribution in [0.3, 0.4) is 0 Å². The van der Waals surface area contributed by atoms with Crippen molar-refractivity contribution in [2.45, 2.75) is 33.0 Å². The molecule has 0 radical (unpaired) electrons. The molecule has 0 fully saturated rings. The number of carbonyl (C=O) groups is 1. The van der Waals surface area contributed by atoms with E-state index < -0.39 is 10.1 Å². The molecule has 1 heterocycles. The van der Waals surface area contributed by atoms with Gasteiger partial charge in [0.15, 0.2) is 0 Å². The predicted molar refractivity (Wildman–Crippen MR) is 93.5 cm³/mol. The van der Waals surface area contributed by atoms with Gasteiger partial charge in [-0.25, -0.2) is 4.79 Å². The summed E-state index contributed by atoms with van der Waals surface area (Å²) in [6, 6.07) is 9.93. The molecule has 2 amide bonds. The van der Waals surface area contributed by atoms with Gasteiger partial charge in [0.2, 0.25) is 0 Å². The van der Waals surface area contributed by atoms with Crippen LogP contribution in [0.1, 0.15) is 25.2 Å². The van der Waals surface area contributed by atoms with E-state index >= 15 is 0 Å². The van der Waals surface area contributed by atoms with Crippen LogP contribution in [0.15, 0.2) is 47.1 Å². The highest BCUT2D eigenvalue weighted by molar-refractivity contribution is 7.86. The summed E-state index contributed by atoms with van der Waals surface area (Å²) in [6.07, 6.45) is 2.55. The molecule has 0 aliphatic rings. The zero-order valence-corrected chi connectivity index (χ0v) is 15.2. The number of nitrogens with zero attached hydrogens (tertiary/aromatic N) is 1. The number of furan rings is 1. The summed E-state index contributed by atoms with van der Waals surface area (Å²) in [7, 11) is -3.56. The second kappa shape index (κ2) is 8.06. The Kier molecular flexibility index (Phi) is 6.08. The molecule has 2 aromatic rings. The number of hydrogen-bond donors (Lipinski definition) is 1. The molecule has 136 valence electrons. The van der Waals surface area contributed by atoms with Gasteiger partial charge < -0.3 is 18.8 Å². The van der Waals surface area contributed by atoms with Crippen LogP contribution in [0.2, 0.25) is 0 Å². The first kappa shape index (κ1) is 18.9. The molecule has 0 spiro atoms. The SMILES string of the molecule is CC(C)NC(=O)N(Cc1ccc(OS(C)(=O)=O)cc1)Cc1ccco1. The van der Waals surface area contributed by atoms with Gasteiger partial charge in [0.25, 0.3) is 0 Å². The largest absolute Gasteiger partial charge is 0.467 e. The second-order valence-corrected chi connectivity index (χ2v) is 7.55. The summed E-state index contributed by atoms with van der Waals surface area (Å²) < 4.78 is 32.4. The normalized spacial score (nSPS) is 11.4. The molecule has 1 aromatic heterocycles. The number of benzene rings is 1. The molecule has 0 saturated carbocycles. The van der Waals surface area contributed by atoms with Crippen molar-refractivity contribution >= 4 is 16.1 Å². The summed E-state index contributed by atoms with van der Waals surface area (Å²) >= 11 is 0.